The van der Waals surface area contributed by atoms with Crippen LogP contribution in [0.5, 0.6) is 17.2 Å². The summed E-state index contributed by atoms with van der Waals surface area (Å²) in [6.45, 7) is 3.37. The van der Waals surface area contributed by atoms with Crippen LogP contribution in [0.2, 0.25) is 0 Å². The molecule has 8 nitrogen and oxygen atoms in total. The molecule has 0 unspecified atom stereocenters. The largest absolute Gasteiger partial charge is 0.493 e. The Kier molecular flexibility index (Phi) is 7.43. The molecule has 4 rings (SSSR count). The number of esters is 1. The first-order chi connectivity index (χ1) is 17.4. The van der Waals surface area contributed by atoms with Crippen LogP contribution in [0.15, 0.2) is 36.4 Å². The number of allylic oxidation sites excluding steroid dienone is 1. The van der Waals surface area contributed by atoms with E-state index in [-0.39, 0.29) is 18.6 Å². The van der Waals surface area contributed by atoms with E-state index in [4.69, 9.17) is 23.9 Å². The number of benzene rings is 2. The predicted molar refractivity (Wildman–Crippen MR) is 138 cm³/mol. The SMILES string of the molecule is COc1cc(/C=C2/CCc3c2nc2ccccc2c3C(=O)OCC(=O)NC(C)C)cc(OC)c1OC. The van der Waals surface area contributed by atoms with Gasteiger partial charge in [0, 0.05) is 11.4 Å². The van der Waals surface area contributed by atoms with Crippen molar-refractivity contribution in [1.29, 1.82) is 0 Å². The van der Waals surface area contributed by atoms with Gasteiger partial charge in [-0.15, -0.1) is 0 Å². The molecule has 188 valence electrons. The summed E-state index contributed by atoms with van der Waals surface area (Å²) in [5, 5.41) is 3.44. The molecule has 0 saturated heterocycles. The summed E-state index contributed by atoms with van der Waals surface area (Å²) in [5.74, 6) is 0.758. The summed E-state index contributed by atoms with van der Waals surface area (Å²) in [6, 6.07) is 11.2. The number of fused-ring (bicyclic) bond motifs is 2. The summed E-state index contributed by atoms with van der Waals surface area (Å²) in [4.78, 5) is 30.2. The number of rotatable bonds is 8. The highest BCUT2D eigenvalue weighted by molar-refractivity contribution is 6.07. The third-order valence-corrected chi connectivity index (χ3v) is 5.96. The van der Waals surface area contributed by atoms with Crippen LogP contribution in [0.3, 0.4) is 0 Å². The van der Waals surface area contributed by atoms with Gasteiger partial charge in [-0.25, -0.2) is 9.78 Å². The number of nitrogens with zero attached hydrogens (tertiary/aromatic N) is 1. The number of para-hydroxylation sites is 1. The normalized spacial score (nSPS) is 13.6. The summed E-state index contributed by atoms with van der Waals surface area (Å²) < 4.78 is 21.8. The molecule has 0 aliphatic heterocycles. The van der Waals surface area contributed by atoms with E-state index in [2.05, 4.69) is 5.32 Å². The molecule has 0 saturated carbocycles. The zero-order valence-electron chi connectivity index (χ0n) is 21.1. The lowest BCUT2D eigenvalue weighted by Crippen LogP contribution is -2.34. The van der Waals surface area contributed by atoms with Gasteiger partial charge in [-0.05, 0) is 67.7 Å². The molecule has 0 radical (unpaired) electrons. The zero-order chi connectivity index (χ0) is 25.8. The van der Waals surface area contributed by atoms with Crippen molar-refractivity contribution in [2.24, 2.45) is 0 Å². The number of nitrogens with one attached hydrogen (secondary N) is 1. The Morgan fingerprint density at radius 2 is 1.72 bits per heavy atom. The van der Waals surface area contributed by atoms with Crippen LogP contribution < -0.4 is 19.5 Å². The third-order valence-electron chi connectivity index (χ3n) is 5.96. The van der Waals surface area contributed by atoms with Crippen LogP contribution in [0.25, 0.3) is 22.6 Å². The van der Waals surface area contributed by atoms with Gasteiger partial charge in [-0.1, -0.05) is 18.2 Å². The Balaban J connectivity index is 1.76. The molecule has 0 spiro atoms. The fraction of sp³-hybridized carbons (Fsp3) is 0.321. The van der Waals surface area contributed by atoms with Crippen molar-refractivity contribution in [3.05, 3.63) is 58.8 Å². The number of carbonyl (C=O) groups is 2. The molecule has 1 aliphatic carbocycles. The lowest BCUT2D eigenvalue weighted by molar-refractivity contribution is -0.124. The van der Waals surface area contributed by atoms with E-state index >= 15 is 0 Å². The predicted octanol–water partition coefficient (Wildman–Crippen LogP) is 4.43. The summed E-state index contributed by atoms with van der Waals surface area (Å²) >= 11 is 0. The van der Waals surface area contributed by atoms with E-state index in [9.17, 15) is 9.59 Å². The van der Waals surface area contributed by atoms with Crippen molar-refractivity contribution in [3.8, 4) is 17.2 Å². The van der Waals surface area contributed by atoms with Gasteiger partial charge in [-0.3, -0.25) is 4.79 Å². The number of pyridine rings is 1. The first-order valence-corrected chi connectivity index (χ1v) is 11.7. The molecule has 36 heavy (non-hydrogen) atoms. The standard InChI is InChI=1S/C28H30N2O6/c1-16(2)29-24(31)15-36-28(32)25-19-8-6-7-9-21(19)30-26-18(10-11-20(25)26)12-17-13-22(33-3)27(35-5)23(14-17)34-4/h6-9,12-14,16H,10-11,15H2,1-5H3,(H,29,31)/b18-12-. The zero-order valence-corrected chi connectivity index (χ0v) is 21.1. The molecule has 0 bridgehead atoms. The topological polar surface area (TPSA) is 96.0 Å². The molecule has 1 aliphatic rings. The second kappa shape index (κ2) is 10.7. The van der Waals surface area contributed by atoms with Crippen molar-refractivity contribution in [3.63, 3.8) is 0 Å². The van der Waals surface area contributed by atoms with E-state index in [1.54, 1.807) is 21.3 Å². The van der Waals surface area contributed by atoms with Crippen LogP contribution in [-0.4, -0.2) is 50.8 Å². The van der Waals surface area contributed by atoms with Gasteiger partial charge >= 0.3 is 5.97 Å². The van der Waals surface area contributed by atoms with Gasteiger partial charge in [0.2, 0.25) is 5.75 Å². The first-order valence-electron chi connectivity index (χ1n) is 11.7. The maximum absolute atomic E-state index is 13.2. The molecule has 8 heteroatoms. The van der Waals surface area contributed by atoms with E-state index in [0.717, 1.165) is 22.4 Å². The molecule has 0 atom stereocenters. The van der Waals surface area contributed by atoms with Crippen molar-refractivity contribution >= 4 is 34.4 Å². The highest BCUT2D eigenvalue weighted by atomic mass is 16.5. The Hall–Kier alpha value is -4.07. The second-order valence-electron chi connectivity index (χ2n) is 8.76. The lowest BCUT2D eigenvalue weighted by Gasteiger charge is -2.14. The van der Waals surface area contributed by atoms with Gasteiger partial charge in [0.25, 0.3) is 5.91 Å². The molecule has 1 amide bonds. The minimum Gasteiger partial charge on any atom is -0.493 e. The minimum atomic E-state index is -0.530. The van der Waals surface area contributed by atoms with Crippen molar-refractivity contribution in [2.75, 3.05) is 27.9 Å². The lowest BCUT2D eigenvalue weighted by atomic mass is 10.0. The molecule has 0 fully saturated rings. The van der Waals surface area contributed by atoms with Crippen LogP contribution >= 0.6 is 0 Å². The summed E-state index contributed by atoms with van der Waals surface area (Å²) in [5.41, 5.74) is 4.56. The van der Waals surface area contributed by atoms with Gasteiger partial charge in [-0.2, -0.15) is 0 Å². The fourth-order valence-electron chi connectivity index (χ4n) is 4.46. The Morgan fingerprint density at radius 1 is 1.03 bits per heavy atom. The summed E-state index contributed by atoms with van der Waals surface area (Å²) in [7, 11) is 4.71. The molecule has 1 N–H and O–H groups in total. The van der Waals surface area contributed by atoms with E-state index < -0.39 is 5.97 Å². The number of amides is 1. The molecule has 1 aromatic heterocycles. The molecule has 2 aromatic carbocycles. The first kappa shape index (κ1) is 25.0. The maximum Gasteiger partial charge on any atom is 0.339 e. The van der Waals surface area contributed by atoms with Crippen LogP contribution in [-0.2, 0) is 16.0 Å². The van der Waals surface area contributed by atoms with Gasteiger partial charge in [0.1, 0.15) is 0 Å². The quantitative estimate of drug-likeness (QED) is 0.467. The van der Waals surface area contributed by atoms with E-state index in [1.165, 1.54) is 0 Å². The molecular formula is C28H30N2O6. The highest BCUT2D eigenvalue weighted by Gasteiger charge is 2.28. The van der Waals surface area contributed by atoms with Crippen LogP contribution in [0.1, 0.15) is 47.4 Å². The van der Waals surface area contributed by atoms with Crippen molar-refractivity contribution in [2.45, 2.75) is 32.7 Å². The number of methoxy groups -OCH3 is 3. The highest BCUT2D eigenvalue weighted by Crippen LogP contribution is 2.41. The van der Waals surface area contributed by atoms with Gasteiger partial charge in [0.15, 0.2) is 18.1 Å². The average molecular weight is 491 g/mol. The number of hydrogen-bond donors (Lipinski definition) is 1. The molecular weight excluding hydrogens is 460 g/mol. The number of hydrogen-bond acceptors (Lipinski definition) is 7. The van der Waals surface area contributed by atoms with Crippen LogP contribution in [0.4, 0.5) is 0 Å². The number of aromatic nitrogens is 1. The van der Waals surface area contributed by atoms with E-state index in [0.29, 0.717) is 46.6 Å². The third kappa shape index (κ3) is 4.98. The van der Waals surface area contributed by atoms with Crippen molar-refractivity contribution in [1.82, 2.24) is 10.3 Å². The maximum atomic E-state index is 13.2. The van der Waals surface area contributed by atoms with Gasteiger partial charge in [0.05, 0.1) is 38.1 Å². The Labute approximate surface area is 210 Å². The average Bonchev–Trinajstić information content (AvgIpc) is 3.26. The Morgan fingerprint density at radius 3 is 2.36 bits per heavy atom. The Bertz CT molecular complexity index is 1320. The number of ether oxygens (including phenoxy) is 4. The molecule has 3 aromatic rings. The smallest absolute Gasteiger partial charge is 0.339 e. The van der Waals surface area contributed by atoms with Crippen molar-refractivity contribution < 1.29 is 28.5 Å². The second-order valence-corrected chi connectivity index (χ2v) is 8.76. The monoisotopic (exact) mass is 490 g/mol. The fourth-order valence-corrected chi connectivity index (χ4v) is 4.46. The van der Waals surface area contributed by atoms with E-state index in [1.807, 2.05) is 56.3 Å². The van der Waals surface area contributed by atoms with Gasteiger partial charge < -0.3 is 24.3 Å². The molecule has 1 heterocycles. The minimum absolute atomic E-state index is 0.0369. The summed E-state index contributed by atoms with van der Waals surface area (Å²) in [6.07, 6.45) is 3.35. The van der Waals surface area contributed by atoms with Crippen LogP contribution in [0, 0.1) is 0 Å². The number of carbonyl (C=O) groups excluding carboxylic acids is 2.